The molecular formula is C16H21N3O4. The molecule has 0 unspecified atom stereocenters. The van der Waals surface area contributed by atoms with Crippen LogP contribution in [-0.2, 0) is 20.9 Å². The molecule has 0 radical (unpaired) electrons. The lowest BCUT2D eigenvalue weighted by Crippen LogP contribution is -2.53. The Morgan fingerprint density at radius 1 is 1.30 bits per heavy atom. The van der Waals surface area contributed by atoms with Crippen molar-refractivity contribution in [1.82, 2.24) is 10.6 Å². The Bertz CT molecular complexity index is 542. The number of carbonyl (C=O) groups is 2. The molecule has 0 spiro atoms. The average Bonchev–Trinajstić information content (AvgIpc) is 2.56. The fraction of sp³-hybridized carbons (Fsp3) is 0.438. The molecule has 2 amide bonds. The molecule has 0 aliphatic rings. The van der Waals surface area contributed by atoms with Crippen LogP contribution in [0.1, 0.15) is 19.4 Å². The van der Waals surface area contributed by atoms with Crippen molar-refractivity contribution in [3.8, 4) is 6.07 Å². The molecule has 0 saturated heterocycles. The zero-order valence-electron chi connectivity index (χ0n) is 13.2. The Labute approximate surface area is 135 Å². The number of nitriles is 1. The topological polar surface area (TPSA) is 100 Å². The number of ether oxygens (including phenoxy) is 2. The number of hydrogen-bond donors (Lipinski definition) is 2. The van der Waals surface area contributed by atoms with Crippen molar-refractivity contribution >= 4 is 12.0 Å². The number of amides is 2. The van der Waals surface area contributed by atoms with Gasteiger partial charge in [-0.3, -0.25) is 4.79 Å². The van der Waals surface area contributed by atoms with Gasteiger partial charge in [-0.25, -0.2) is 4.79 Å². The van der Waals surface area contributed by atoms with Gasteiger partial charge >= 0.3 is 6.09 Å². The molecule has 2 N–H and O–H groups in total. The molecule has 1 rings (SSSR count). The maximum absolute atomic E-state index is 12.0. The van der Waals surface area contributed by atoms with E-state index in [1.807, 2.05) is 36.4 Å². The fourth-order valence-corrected chi connectivity index (χ4v) is 1.88. The highest BCUT2D eigenvalue weighted by Crippen LogP contribution is 2.03. The van der Waals surface area contributed by atoms with Crippen LogP contribution in [-0.4, -0.2) is 37.3 Å². The van der Waals surface area contributed by atoms with Crippen molar-refractivity contribution in [1.29, 1.82) is 5.26 Å². The molecule has 1 aromatic carbocycles. The normalized spacial score (nSPS) is 12.6. The van der Waals surface area contributed by atoms with Crippen molar-refractivity contribution in [3.63, 3.8) is 0 Å². The zero-order valence-corrected chi connectivity index (χ0v) is 13.2. The predicted molar refractivity (Wildman–Crippen MR) is 83.3 cm³/mol. The third-order valence-corrected chi connectivity index (χ3v) is 3.01. The van der Waals surface area contributed by atoms with Gasteiger partial charge < -0.3 is 20.1 Å². The lowest BCUT2D eigenvalue weighted by Gasteiger charge is -2.23. The summed E-state index contributed by atoms with van der Waals surface area (Å²) in [6.07, 6.45) is -1.28. The second-order valence-corrected chi connectivity index (χ2v) is 4.72. The summed E-state index contributed by atoms with van der Waals surface area (Å²) < 4.78 is 10.4. The van der Waals surface area contributed by atoms with E-state index >= 15 is 0 Å². The maximum atomic E-state index is 12.0. The molecule has 7 nitrogen and oxygen atoms in total. The van der Waals surface area contributed by atoms with Gasteiger partial charge in [0.05, 0.1) is 12.2 Å². The SMILES string of the molecule is CCO[C@H](C)[C@@H](NC(=O)OCc1ccccc1)C(=O)NCC#N. The highest BCUT2D eigenvalue weighted by atomic mass is 16.5. The van der Waals surface area contributed by atoms with Crippen molar-refractivity contribution in [3.05, 3.63) is 35.9 Å². The van der Waals surface area contributed by atoms with Crippen molar-refractivity contribution < 1.29 is 19.1 Å². The van der Waals surface area contributed by atoms with Crippen LogP contribution in [0.25, 0.3) is 0 Å². The van der Waals surface area contributed by atoms with Crippen molar-refractivity contribution in [2.45, 2.75) is 32.6 Å². The lowest BCUT2D eigenvalue weighted by molar-refractivity contribution is -0.126. The van der Waals surface area contributed by atoms with Gasteiger partial charge in [-0.15, -0.1) is 0 Å². The van der Waals surface area contributed by atoms with Gasteiger partial charge in [0.2, 0.25) is 5.91 Å². The summed E-state index contributed by atoms with van der Waals surface area (Å²) in [6, 6.07) is 10.1. The molecule has 0 bridgehead atoms. The van der Waals surface area contributed by atoms with Gasteiger partial charge in [0, 0.05) is 6.61 Å². The first-order valence-electron chi connectivity index (χ1n) is 7.32. The van der Waals surface area contributed by atoms with E-state index in [0.717, 1.165) is 5.56 Å². The number of carbonyl (C=O) groups excluding carboxylic acids is 2. The van der Waals surface area contributed by atoms with E-state index in [-0.39, 0.29) is 13.2 Å². The summed E-state index contributed by atoms with van der Waals surface area (Å²) in [6.45, 7) is 3.80. The number of rotatable bonds is 8. The van der Waals surface area contributed by atoms with Gasteiger partial charge in [-0.1, -0.05) is 30.3 Å². The molecule has 0 aliphatic heterocycles. The third-order valence-electron chi connectivity index (χ3n) is 3.01. The zero-order chi connectivity index (χ0) is 17.1. The largest absolute Gasteiger partial charge is 0.445 e. The molecule has 124 valence electrons. The van der Waals surface area contributed by atoms with Crippen LogP contribution in [0.4, 0.5) is 4.79 Å². The molecule has 0 saturated carbocycles. The first-order valence-corrected chi connectivity index (χ1v) is 7.32. The summed E-state index contributed by atoms with van der Waals surface area (Å²) >= 11 is 0. The Hall–Kier alpha value is -2.59. The molecule has 1 aromatic rings. The minimum absolute atomic E-state index is 0.0994. The van der Waals surface area contributed by atoms with E-state index in [4.69, 9.17) is 14.7 Å². The molecule has 2 atom stereocenters. The van der Waals surface area contributed by atoms with Crippen molar-refractivity contribution in [2.24, 2.45) is 0 Å². The molecule has 7 heteroatoms. The third kappa shape index (κ3) is 6.80. The number of nitrogens with zero attached hydrogens (tertiary/aromatic N) is 1. The van der Waals surface area contributed by atoms with E-state index in [1.165, 1.54) is 0 Å². The average molecular weight is 319 g/mol. The van der Waals surface area contributed by atoms with Crippen LogP contribution in [0.15, 0.2) is 30.3 Å². The van der Waals surface area contributed by atoms with Crippen LogP contribution >= 0.6 is 0 Å². The number of hydrogen-bond acceptors (Lipinski definition) is 5. The number of alkyl carbamates (subject to hydrolysis) is 1. The van der Waals surface area contributed by atoms with E-state index < -0.39 is 24.1 Å². The Kier molecular flexibility index (Phi) is 8.18. The lowest BCUT2D eigenvalue weighted by atomic mass is 10.1. The monoisotopic (exact) mass is 319 g/mol. The smallest absolute Gasteiger partial charge is 0.408 e. The maximum Gasteiger partial charge on any atom is 0.408 e. The second kappa shape index (κ2) is 10.2. The molecule has 0 fully saturated rings. The van der Waals surface area contributed by atoms with Gasteiger partial charge in [-0.05, 0) is 19.4 Å². The van der Waals surface area contributed by atoms with Crippen LogP contribution in [0.3, 0.4) is 0 Å². The van der Waals surface area contributed by atoms with Crippen LogP contribution < -0.4 is 10.6 Å². The highest BCUT2D eigenvalue weighted by Gasteiger charge is 2.27. The molecule has 0 heterocycles. The second-order valence-electron chi connectivity index (χ2n) is 4.72. The van der Waals surface area contributed by atoms with E-state index in [0.29, 0.717) is 6.61 Å². The van der Waals surface area contributed by atoms with Crippen LogP contribution in [0, 0.1) is 11.3 Å². The minimum Gasteiger partial charge on any atom is -0.445 e. The Morgan fingerprint density at radius 2 is 2.00 bits per heavy atom. The van der Waals surface area contributed by atoms with Crippen LogP contribution in [0.2, 0.25) is 0 Å². The van der Waals surface area contributed by atoms with E-state index in [1.54, 1.807) is 13.8 Å². The molecule has 0 aliphatic carbocycles. The quantitative estimate of drug-likeness (QED) is 0.704. The summed E-state index contributed by atoms with van der Waals surface area (Å²) in [5.74, 6) is -0.496. The Morgan fingerprint density at radius 3 is 2.61 bits per heavy atom. The summed E-state index contributed by atoms with van der Waals surface area (Å²) in [7, 11) is 0. The fourth-order valence-electron chi connectivity index (χ4n) is 1.88. The van der Waals surface area contributed by atoms with Gasteiger partial charge in [-0.2, -0.15) is 5.26 Å². The predicted octanol–water partition coefficient (Wildman–Crippen LogP) is 1.35. The summed E-state index contributed by atoms with van der Waals surface area (Å²) in [5.41, 5.74) is 0.839. The first kappa shape index (κ1) is 18.5. The molecule has 23 heavy (non-hydrogen) atoms. The van der Waals surface area contributed by atoms with Gasteiger partial charge in [0.25, 0.3) is 0 Å². The molecule has 0 aromatic heterocycles. The first-order chi connectivity index (χ1) is 11.1. The molecular weight excluding hydrogens is 298 g/mol. The summed E-state index contributed by atoms with van der Waals surface area (Å²) in [5, 5.41) is 13.4. The summed E-state index contributed by atoms with van der Waals surface area (Å²) in [4.78, 5) is 23.9. The van der Waals surface area contributed by atoms with E-state index in [2.05, 4.69) is 10.6 Å². The van der Waals surface area contributed by atoms with Crippen molar-refractivity contribution in [2.75, 3.05) is 13.2 Å². The number of benzene rings is 1. The standard InChI is InChI=1S/C16H21N3O4/c1-3-22-12(2)14(15(20)18-10-9-17)19-16(21)23-11-13-7-5-4-6-8-13/h4-8,12,14H,3,10-11H2,1-2H3,(H,18,20)(H,19,21)/t12-,14-/m1/s1. The van der Waals surface area contributed by atoms with Crippen LogP contribution in [0.5, 0.6) is 0 Å². The Balaban J connectivity index is 2.58. The highest BCUT2D eigenvalue weighted by molar-refractivity contribution is 5.86. The minimum atomic E-state index is -0.938. The number of nitrogens with one attached hydrogen (secondary N) is 2. The van der Waals surface area contributed by atoms with Gasteiger partial charge in [0.1, 0.15) is 19.2 Å². The van der Waals surface area contributed by atoms with Gasteiger partial charge in [0.15, 0.2) is 0 Å². The van der Waals surface area contributed by atoms with E-state index in [9.17, 15) is 9.59 Å².